The third-order valence-corrected chi connectivity index (χ3v) is 4.08. The molecule has 0 aliphatic rings. The van der Waals surface area contributed by atoms with Crippen molar-refractivity contribution in [3.63, 3.8) is 0 Å². The zero-order valence-corrected chi connectivity index (χ0v) is 16.8. The minimum Gasteiger partial charge on any atom is -0.497 e. The van der Waals surface area contributed by atoms with Crippen LogP contribution in [0.5, 0.6) is 5.75 Å². The maximum Gasteiger partial charge on any atom is 0.310 e. The van der Waals surface area contributed by atoms with Crippen molar-refractivity contribution in [3.05, 3.63) is 30.0 Å². The lowest BCUT2D eigenvalue weighted by Gasteiger charge is -2.26. The summed E-state index contributed by atoms with van der Waals surface area (Å²) in [6.07, 6.45) is 1.60. The Kier molecular flexibility index (Phi) is 7.28. The van der Waals surface area contributed by atoms with Gasteiger partial charge in [-0.1, -0.05) is 27.7 Å². The van der Waals surface area contributed by atoms with Crippen LogP contribution in [0.25, 0.3) is 11.0 Å². The predicted octanol–water partition coefficient (Wildman–Crippen LogP) is 3.67. The molecular weight excluding hydrogens is 346 g/mol. The first-order valence-corrected chi connectivity index (χ1v) is 9.27. The number of furan rings is 1. The van der Waals surface area contributed by atoms with E-state index in [4.69, 9.17) is 13.9 Å². The molecule has 0 fully saturated rings. The Labute approximate surface area is 160 Å². The third-order valence-electron chi connectivity index (χ3n) is 4.08. The average molecular weight is 375 g/mol. The Bertz CT molecular complexity index is 768. The van der Waals surface area contributed by atoms with Gasteiger partial charge in [-0.2, -0.15) is 0 Å². The van der Waals surface area contributed by atoms with Crippen molar-refractivity contribution in [2.45, 2.75) is 34.1 Å². The molecule has 0 N–H and O–H groups in total. The molecule has 1 aromatic carbocycles. The molecule has 1 amide bonds. The van der Waals surface area contributed by atoms with Crippen LogP contribution in [0, 0.1) is 11.8 Å². The van der Waals surface area contributed by atoms with E-state index in [1.54, 1.807) is 18.1 Å². The molecule has 1 heterocycles. The van der Waals surface area contributed by atoms with E-state index in [9.17, 15) is 9.59 Å². The van der Waals surface area contributed by atoms with E-state index in [1.807, 2.05) is 12.1 Å². The fraction of sp³-hybridized carbons (Fsp3) is 0.524. The van der Waals surface area contributed by atoms with Crippen molar-refractivity contribution in [2.75, 3.05) is 26.8 Å². The second kappa shape index (κ2) is 9.44. The van der Waals surface area contributed by atoms with Gasteiger partial charge < -0.3 is 18.8 Å². The van der Waals surface area contributed by atoms with Gasteiger partial charge in [-0.05, 0) is 24.0 Å². The van der Waals surface area contributed by atoms with Crippen LogP contribution in [-0.4, -0.2) is 43.6 Å². The summed E-state index contributed by atoms with van der Waals surface area (Å²) >= 11 is 0. The van der Waals surface area contributed by atoms with Crippen molar-refractivity contribution in [1.82, 2.24) is 4.90 Å². The van der Waals surface area contributed by atoms with Crippen LogP contribution < -0.4 is 4.74 Å². The number of esters is 1. The molecule has 0 bridgehead atoms. The molecule has 2 aromatic rings. The normalized spacial score (nSPS) is 11.2. The average Bonchev–Trinajstić information content (AvgIpc) is 3.00. The first-order chi connectivity index (χ1) is 12.8. The first-order valence-electron chi connectivity index (χ1n) is 9.27. The number of ether oxygens (including phenoxy) is 2. The van der Waals surface area contributed by atoms with Crippen LogP contribution in [-0.2, 0) is 20.7 Å². The van der Waals surface area contributed by atoms with Gasteiger partial charge in [0.1, 0.15) is 11.3 Å². The first kappa shape index (κ1) is 20.8. The molecule has 0 atom stereocenters. The number of nitrogens with zero attached hydrogens (tertiary/aromatic N) is 1. The Morgan fingerprint density at radius 3 is 2.37 bits per heavy atom. The van der Waals surface area contributed by atoms with Crippen LogP contribution in [0.4, 0.5) is 0 Å². The lowest BCUT2D eigenvalue weighted by molar-refractivity contribution is -0.151. The maximum atomic E-state index is 12.4. The van der Waals surface area contributed by atoms with Gasteiger partial charge >= 0.3 is 5.97 Å². The maximum absolute atomic E-state index is 12.4. The fourth-order valence-electron chi connectivity index (χ4n) is 2.93. The highest BCUT2D eigenvalue weighted by molar-refractivity contribution is 5.87. The van der Waals surface area contributed by atoms with Crippen molar-refractivity contribution >= 4 is 22.8 Å². The van der Waals surface area contributed by atoms with Gasteiger partial charge in [-0.15, -0.1) is 0 Å². The van der Waals surface area contributed by atoms with Crippen molar-refractivity contribution in [2.24, 2.45) is 11.8 Å². The fourth-order valence-corrected chi connectivity index (χ4v) is 2.93. The SMILES string of the molecule is COc1ccc2c(CC(=O)OCC(=O)N(CC(C)C)CC(C)C)coc2c1. The highest BCUT2D eigenvalue weighted by atomic mass is 16.5. The van der Waals surface area contributed by atoms with Crippen LogP contribution in [0.1, 0.15) is 33.3 Å². The summed E-state index contributed by atoms with van der Waals surface area (Å²) in [5.74, 6) is 0.797. The quantitative estimate of drug-likeness (QED) is 0.626. The lowest BCUT2D eigenvalue weighted by atomic mass is 10.1. The van der Waals surface area contributed by atoms with Crippen LogP contribution >= 0.6 is 0 Å². The number of carbonyl (C=O) groups excluding carboxylic acids is 2. The van der Waals surface area contributed by atoms with Crippen LogP contribution in [0.2, 0.25) is 0 Å². The molecule has 0 radical (unpaired) electrons. The molecule has 27 heavy (non-hydrogen) atoms. The number of carbonyl (C=O) groups is 2. The van der Waals surface area contributed by atoms with E-state index in [-0.39, 0.29) is 18.9 Å². The van der Waals surface area contributed by atoms with Gasteiger partial charge in [0, 0.05) is 30.1 Å². The number of fused-ring (bicyclic) bond motifs is 1. The van der Waals surface area contributed by atoms with E-state index in [0.717, 1.165) is 10.9 Å². The summed E-state index contributed by atoms with van der Waals surface area (Å²) in [5, 5.41) is 0.834. The van der Waals surface area contributed by atoms with Gasteiger partial charge in [-0.25, -0.2) is 0 Å². The molecule has 0 spiro atoms. The summed E-state index contributed by atoms with van der Waals surface area (Å²) in [5.41, 5.74) is 1.37. The number of hydrogen-bond donors (Lipinski definition) is 0. The Hall–Kier alpha value is -2.50. The largest absolute Gasteiger partial charge is 0.497 e. The Morgan fingerprint density at radius 2 is 1.78 bits per heavy atom. The summed E-state index contributed by atoms with van der Waals surface area (Å²) in [4.78, 5) is 26.4. The number of benzene rings is 1. The van der Waals surface area contributed by atoms with Gasteiger partial charge in [-0.3, -0.25) is 9.59 Å². The number of amides is 1. The molecule has 148 valence electrons. The summed E-state index contributed by atoms with van der Waals surface area (Å²) < 4.78 is 15.9. The molecular formula is C21H29NO5. The molecule has 6 nitrogen and oxygen atoms in total. The van der Waals surface area contributed by atoms with Crippen LogP contribution in [0.15, 0.2) is 28.9 Å². The molecule has 0 aliphatic carbocycles. The molecule has 0 aliphatic heterocycles. The number of rotatable bonds is 9. The zero-order valence-electron chi connectivity index (χ0n) is 16.8. The molecule has 6 heteroatoms. The lowest BCUT2D eigenvalue weighted by Crippen LogP contribution is -2.39. The summed E-state index contributed by atoms with van der Waals surface area (Å²) in [6.45, 7) is 9.32. The standard InChI is InChI=1S/C21H29NO5/c1-14(2)10-22(11-15(3)4)20(23)13-27-21(24)8-16-12-26-19-9-17(25-5)6-7-18(16)19/h6-7,9,12,14-15H,8,10-11,13H2,1-5H3. The Balaban J connectivity index is 1.94. The smallest absolute Gasteiger partial charge is 0.310 e. The second-order valence-electron chi connectivity index (χ2n) is 7.55. The molecule has 2 rings (SSSR count). The summed E-state index contributed by atoms with van der Waals surface area (Å²) in [7, 11) is 1.58. The molecule has 0 unspecified atom stereocenters. The third kappa shape index (κ3) is 6.01. The van der Waals surface area contributed by atoms with E-state index in [1.165, 1.54) is 6.26 Å². The van der Waals surface area contributed by atoms with Gasteiger partial charge in [0.25, 0.3) is 5.91 Å². The molecule has 0 saturated heterocycles. The van der Waals surface area contributed by atoms with Crippen LogP contribution in [0.3, 0.4) is 0 Å². The predicted molar refractivity (Wildman–Crippen MR) is 104 cm³/mol. The minimum atomic E-state index is -0.448. The van der Waals surface area contributed by atoms with E-state index >= 15 is 0 Å². The number of hydrogen-bond acceptors (Lipinski definition) is 5. The Morgan fingerprint density at radius 1 is 1.11 bits per heavy atom. The van der Waals surface area contributed by atoms with Crippen molar-refractivity contribution < 1.29 is 23.5 Å². The minimum absolute atomic E-state index is 0.0565. The van der Waals surface area contributed by atoms with Crippen molar-refractivity contribution in [3.8, 4) is 5.75 Å². The molecule has 1 aromatic heterocycles. The van der Waals surface area contributed by atoms with Gasteiger partial charge in [0.05, 0.1) is 19.8 Å². The van der Waals surface area contributed by atoms with Gasteiger partial charge in [0.15, 0.2) is 6.61 Å². The highest BCUT2D eigenvalue weighted by Gasteiger charge is 2.19. The summed E-state index contributed by atoms with van der Waals surface area (Å²) in [6, 6.07) is 5.42. The van der Waals surface area contributed by atoms with Gasteiger partial charge in [0.2, 0.25) is 0 Å². The van der Waals surface area contributed by atoms with Crippen molar-refractivity contribution in [1.29, 1.82) is 0 Å². The monoisotopic (exact) mass is 375 g/mol. The van der Waals surface area contributed by atoms with E-state index in [0.29, 0.717) is 36.3 Å². The van der Waals surface area contributed by atoms with E-state index < -0.39 is 5.97 Å². The topological polar surface area (TPSA) is 69.0 Å². The zero-order chi connectivity index (χ0) is 20.0. The highest BCUT2D eigenvalue weighted by Crippen LogP contribution is 2.26. The second-order valence-corrected chi connectivity index (χ2v) is 7.55. The molecule has 0 saturated carbocycles. The number of methoxy groups -OCH3 is 1. The van der Waals surface area contributed by atoms with E-state index in [2.05, 4.69) is 27.7 Å².